The molecule has 0 saturated heterocycles. The highest BCUT2D eigenvalue weighted by molar-refractivity contribution is 9.10. The molecule has 3 N–H and O–H groups in total. The van der Waals surface area contributed by atoms with E-state index in [1.54, 1.807) is 0 Å². The minimum Gasteiger partial charge on any atom is -0.481 e. The summed E-state index contributed by atoms with van der Waals surface area (Å²) in [4.78, 5) is 14.4. The van der Waals surface area contributed by atoms with E-state index < -0.39 is 5.97 Å². The molecule has 2 atom stereocenters. The van der Waals surface area contributed by atoms with Gasteiger partial charge in [0.25, 0.3) is 0 Å². The third-order valence-electron chi connectivity index (χ3n) is 4.33. The van der Waals surface area contributed by atoms with Crippen LogP contribution in [0.5, 0.6) is 0 Å². The van der Waals surface area contributed by atoms with Crippen LogP contribution in [0.3, 0.4) is 0 Å². The van der Waals surface area contributed by atoms with Gasteiger partial charge in [0.2, 0.25) is 0 Å². The van der Waals surface area contributed by atoms with Crippen molar-refractivity contribution in [2.75, 3.05) is 0 Å². The number of H-pyrrole nitrogens is 1. The van der Waals surface area contributed by atoms with Crippen molar-refractivity contribution in [3.8, 4) is 0 Å². The van der Waals surface area contributed by atoms with Gasteiger partial charge in [-0.05, 0) is 43.0 Å². The minimum atomic E-state index is -0.655. The van der Waals surface area contributed by atoms with Gasteiger partial charge in [0, 0.05) is 34.2 Å². The van der Waals surface area contributed by atoms with E-state index in [1.807, 2.05) is 12.3 Å². The molecule has 1 fully saturated rings. The van der Waals surface area contributed by atoms with Crippen LogP contribution in [-0.2, 0) is 11.3 Å². The summed E-state index contributed by atoms with van der Waals surface area (Å²) in [5.74, 6) is -0.842. The maximum atomic E-state index is 11.1. The second kappa shape index (κ2) is 6.20. The van der Waals surface area contributed by atoms with Gasteiger partial charge in [-0.3, -0.25) is 4.79 Å². The van der Waals surface area contributed by atoms with Crippen LogP contribution in [0.25, 0.3) is 10.9 Å². The van der Waals surface area contributed by atoms with Crippen LogP contribution < -0.4 is 5.32 Å². The predicted octanol–water partition coefficient (Wildman–Crippen LogP) is 3.66. The normalized spacial score (nSPS) is 22.5. The van der Waals surface area contributed by atoms with Crippen LogP contribution in [0.15, 0.2) is 28.9 Å². The van der Waals surface area contributed by atoms with Crippen molar-refractivity contribution in [2.45, 2.75) is 38.3 Å². The monoisotopic (exact) mass is 350 g/mol. The highest BCUT2D eigenvalue weighted by atomic mass is 79.9. The largest absolute Gasteiger partial charge is 0.481 e. The average molecular weight is 351 g/mol. The van der Waals surface area contributed by atoms with E-state index in [9.17, 15) is 4.79 Å². The Morgan fingerprint density at radius 2 is 2.29 bits per heavy atom. The molecule has 1 aromatic heterocycles. The number of aromatic amines is 1. The maximum Gasteiger partial charge on any atom is 0.306 e. The second-order valence-electron chi connectivity index (χ2n) is 5.78. The molecule has 21 heavy (non-hydrogen) atoms. The molecule has 1 heterocycles. The van der Waals surface area contributed by atoms with Crippen LogP contribution in [0, 0.1) is 5.92 Å². The summed E-state index contributed by atoms with van der Waals surface area (Å²) in [5, 5.41) is 13.9. The van der Waals surface area contributed by atoms with Gasteiger partial charge in [-0.1, -0.05) is 22.4 Å². The number of aliphatic carboxylic acids is 1. The maximum absolute atomic E-state index is 11.1. The van der Waals surface area contributed by atoms with Crippen LogP contribution >= 0.6 is 15.9 Å². The number of carboxylic acids is 1. The molecular formula is C16H19BrN2O2. The van der Waals surface area contributed by atoms with E-state index in [1.165, 1.54) is 10.9 Å². The molecular weight excluding hydrogens is 332 g/mol. The summed E-state index contributed by atoms with van der Waals surface area (Å²) in [5.41, 5.74) is 2.35. The molecule has 4 nitrogen and oxygen atoms in total. The van der Waals surface area contributed by atoms with E-state index in [4.69, 9.17) is 5.11 Å². The van der Waals surface area contributed by atoms with Gasteiger partial charge in [0.15, 0.2) is 0 Å². The van der Waals surface area contributed by atoms with E-state index >= 15 is 0 Å². The lowest BCUT2D eigenvalue weighted by Crippen LogP contribution is -2.36. The Morgan fingerprint density at radius 1 is 1.43 bits per heavy atom. The topological polar surface area (TPSA) is 65.1 Å². The summed E-state index contributed by atoms with van der Waals surface area (Å²) < 4.78 is 1.07. The van der Waals surface area contributed by atoms with Gasteiger partial charge in [0.1, 0.15) is 0 Å². The first kappa shape index (κ1) is 14.6. The first-order valence-electron chi connectivity index (χ1n) is 7.35. The zero-order valence-electron chi connectivity index (χ0n) is 11.7. The van der Waals surface area contributed by atoms with E-state index in [0.29, 0.717) is 6.04 Å². The number of fused-ring (bicyclic) bond motifs is 1. The summed E-state index contributed by atoms with van der Waals surface area (Å²) >= 11 is 3.50. The number of hydrogen-bond acceptors (Lipinski definition) is 2. The molecule has 2 aromatic rings. The van der Waals surface area contributed by atoms with Gasteiger partial charge in [-0.25, -0.2) is 0 Å². The molecule has 0 bridgehead atoms. The molecule has 3 rings (SSSR count). The second-order valence-corrected chi connectivity index (χ2v) is 6.70. The number of carboxylic acid groups (broad SMARTS) is 1. The van der Waals surface area contributed by atoms with Crippen molar-refractivity contribution in [2.24, 2.45) is 5.92 Å². The Hall–Kier alpha value is -1.33. The summed E-state index contributed by atoms with van der Waals surface area (Å²) in [6.07, 6.45) is 5.64. The quantitative estimate of drug-likeness (QED) is 0.788. The van der Waals surface area contributed by atoms with Crippen LogP contribution in [0.4, 0.5) is 0 Å². The number of halogens is 1. The van der Waals surface area contributed by atoms with Crippen molar-refractivity contribution in [3.05, 3.63) is 34.4 Å². The first-order valence-corrected chi connectivity index (χ1v) is 8.14. The zero-order valence-corrected chi connectivity index (χ0v) is 13.3. The van der Waals surface area contributed by atoms with Crippen LogP contribution in [-0.4, -0.2) is 22.1 Å². The van der Waals surface area contributed by atoms with Gasteiger partial charge in [-0.15, -0.1) is 0 Å². The molecule has 0 radical (unpaired) electrons. The molecule has 0 aliphatic heterocycles. The first-order chi connectivity index (χ1) is 10.1. The molecule has 1 aliphatic carbocycles. The number of carbonyl (C=O) groups is 1. The summed E-state index contributed by atoms with van der Waals surface area (Å²) in [6, 6.07) is 6.50. The smallest absolute Gasteiger partial charge is 0.306 e. The molecule has 2 unspecified atom stereocenters. The van der Waals surface area contributed by atoms with Crippen LogP contribution in [0.1, 0.15) is 31.2 Å². The number of aromatic nitrogens is 1. The van der Waals surface area contributed by atoms with Crippen molar-refractivity contribution in [1.82, 2.24) is 10.3 Å². The molecule has 0 spiro atoms. The van der Waals surface area contributed by atoms with Crippen LogP contribution in [0.2, 0.25) is 0 Å². The van der Waals surface area contributed by atoms with Gasteiger partial charge >= 0.3 is 5.97 Å². The van der Waals surface area contributed by atoms with Gasteiger partial charge < -0.3 is 15.4 Å². The summed E-state index contributed by atoms with van der Waals surface area (Å²) in [6.45, 7) is 0.771. The lowest BCUT2D eigenvalue weighted by atomic mass is 9.86. The fraction of sp³-hybridized carbons (Fsp3) is 0.438. The number of hydrogen-bond donors (Lipinski definition) is 3. The predicted molar refractivity (Wildman–Crippen MR) is 86.2 cm³/mol. The molecule has 112 valence electrons. The number of nitrogens with one attached hydrogen (secondary N) is 2. The molecule has 1 aromatic carbocycles. The highest BCUT2D eigenvalue weighted by Crippen LogP contribution is 2.26. The van der Waals surface area contributed by atoms with E-state index in [-0.39, 0.29) is 5.92 Å². The van der Waals surface area contributed by atoms with Gasteiger partial charge in [0.05, 0.1) is 5.92 Å². The highest BCUT2D eigenvalue weighted by Gasteiger charge is 2.26. The van der Waals surface area contributed by atoms with E-state index in [2.05, 4.69) is 38.4 Å². The molecule has 5 heteroatoms. The standard InChI is InChI=1S/C16H19BrN2O2/c17-12-4-5-15-14(7-12)11(9-19-15)8-18-13-3-1-2-10(6-13)16(20)21/h4-5,7,9-10,13,18-19H,1-3,6,8H2,(H,20,21). The Balaban J connectivity index is 1.66. The van der Waals surface area contributed by atoms with Crippen molar-refractivity contribution < 1.29 is 9.90 Å². The zero-order chi connectivity index (χ0) is 14.8. The van der Waals surface area contributed by atoms with Gasteiger partial charge in [-0.2, -0.15) is 0 Å². The Bertz CT molecular complexity index is 653. The SMILES string of the molecule is O=C(O)C1CCCC(NCc2c[nH]c3ccc(Br)cc23)C1. The lowest BCUT2D eigenvalue weighted by Gasteiger charge is -2.27. The third-order valence-corrected chi connectivity index (χ3v) is 4.83. The van der Waals surface area contributed by atoms with Crippen molar-refractivity contribution >= 4 is 32.8 Å². The van der Waals surface area contributed by atoms with Crippen molar-refractivity contribution in [3.63, 3.8) is 0 Å². The third kappa shape index (κ3) is 3.30. The Kier molecular flexibility index (Phi) is 4.31. The Morgan fingerprint density at radius 3 is 3.10 bits per heavy atom. The lowest BCUT2D eigenvalue weighted by molar-refractivity contribution is -0.143. The van der Waals surface area contributed by atoms with E-state index in [0.717, 1.165) is 42.2 Å². The molecule has 1 saturated carbocycles. The number of rotatable bonds is 4. The van der Waals surface area contributed by atoms with Crippen molar-refractivity contribution in [1.29, 1.82) is 0 Å². The Labute approximate surface area is 132 Å². The fourth-order valence-corrected chi connectivity index (χ4v) is 3.51. The summed E-state index contributed by atoms with van der Waals surface area (Å²) in [7, 11) is 0. The minimum absolute atomic E-state index is 0.187. The molecule has 0 amide bonds. The number of benzene rings is 1. The fourth-order valence-electron chi connectivity index (χ4n) is 3.15. The molecule has 1 aliphatic rings. The average Bonchev–Trinajstić information content (AvgIpc) is 2.87.